The van der Waals surface area contributed by atoms with Gasteiger partial charge in [-0.25, -0.2) is 0 Å². The molecule has 1 aromatic rings. The summed E-state index contributed by atoms with van der Waals surface area (Å²) in [5.74, 6) is 0.460. The predicted octanol–water partition coefficient (Wildman–Crippen LogP) is 0.116. The van der Waals surface area contributed by atoms with Crippen LogP contribution in [-0.4, -0.2) is 47.8 Å². The van der Waals surface area contributed by atoms with Gasteiger partial charge < -0.3 is 15.2 Å². The average Bonchev–Trinajstić information content (AvgIpc) is 2.70. The minimum Gasteiger partial charge on any atom is -0.390 e. The van der Waals surface area contributed by atoms with E-state index in [-0.39, 0.29) is 0 Å². The fourth-order valence-corrected chi connectivity index (χ4v) is 1.53. The third-order valence-corrected chi connectivity index (χ3v) is 2.28. The van der Waals surface area contributed by atoms with E-state index in [0.717, 1.165) is 13.2 Å². The number of hydrogen-bond acceptors (Lipinski definition) is 4. The van der Waals surface area contributed by atoms with Gasteiger partial charge in [-0.15, -0.1) is 0 Å². The van der Waals surface area contributed by atoms with Crippen LogP contribution in [-0.2, 0) is 11.3 Å². The smallest absolute Gasteiger partial charge is 0.0860 e. The van der Waals surface area contributed by atoms with E-state index in [9.17, 15) is 5.11 Å². The zero-order chi connectivity index (χ0) is 11.8. The van der Waals surface area contributed by atoms with Crippen LogP contribution in [0.2, 0.25) is 0 Å². The Kier molecular flexibility index (Phi) is 6.07. The molecule has 2 atom stereocenters. The molecule has 92 valence electrons. The lowest BCUT2D eigenvalue weighted by molar-refractivity contribution is 0.135. The van der Waals surface area contributed by atoms with E-state index in [1.807, 2.05) is 12.3 Å². The van der Waals surface area contributed by atoms with Crippen molar-refractivity contribution in [3.8, 4) is 0 Å². The Morgan fingerprint density at radius 3 is 2.94 bits per heavy atom. The summed E-state index contributed by atoms with van der Waals surface area (Å²) >= 11 is 0. The standard InChI is InChI=1S/C11H21N3O2/c1-10(9-16-2)6-12-7-11(15)8-14-5-3-4-13-14/h3-5,10-12,15H,6-9H2,1-2H3. The molecule has 0 saturated heterocycles. The zero-order valence-electron chi connectivity index (χ0n) is 9.97. The Bertz CT molecular complexity index is 264. The molecule has 5 heteroatoms. The summed E-state index contributed by atoms with van der Waals surface area (Å²) in [5.41, 5.74) is 0. The van der Waals surface area contributed by atoms with Crippen molar-refractivity contribution in [2.45, 2.75) is 19.6 Å². The number of aliphatic hydroxyl groups excluding tert-OH is 1. The van der Waals surface area contributed by atoms with E-state index in [4.69, 9.17) is 4.74 Å². The first-order valence-electron chi connectivity index (χ1n) is 5.57. The van der Waals surface area contributed by atoms with E-state index < -0.39 is 6.10 Å². The van der Waals surface area contributed by atoms with Gasteiger partial charge in [0.1, 0.15) is 0 Å². The van der Waals surface area contributed by atoms with Gasteiger partial charge in [0.15, 0.2) is 0 Å². The van der Waals surface area contributed by atoms with Crippen molar-refractivity contribution in [1.29, 1.82) is 0 Å². The van der Waals surface area contributed by atoms with Crippen molar-refractivity contribution in [2.24, 2.45) is 5.92 Å². The minimum atomic E-state index is -0.408. The summed E-state index contributed by atoms with van der Waals surface area (Å²) in [5, 5.41) is 17.0. The summed E-state index contributed by atoms with van der Waals surface area (Å²) in [6, 6.07) is 1.85. The maximum absolute atomic E-state index is 9.71. The van der Waals surface area contributed by atoms with Gasteiger partial charge in [-0.3, -0.25) is 4.68 Å². The Balaban J connectivity index is 2.08. The number of aliphatic hydroxyl groups is 1. The second-order valence-electron chi connectivity index (χ2n) is 4.10. The highest BCUT2D eigenvalue weighted by Crippen LogP contribution is 1.94. The predicted molar refractivity (Wildman–Crippen MR) is 62.1 cm³/mol. The number of rotatable bonds is 8. The zero-order valence-corrected chi connectivity index (χ0v) is 9.97. The number of aromatic nitrogens is 2. The largest absolute Gasteiger partial charge is 0.390 e. The Hall–Kier alpha value is -0.910. The van der Waals surface area contributed by atoms with Crippen molar-refractivity contribution in [3.05, 3.63) is 18.5 Å². The van der Waals surface area contributed by atoms with Crippen LogP contribution in [0.5, 0.6) is 0 Å². The Morgan fingerprint density at radius 2 is 2.31 bits per heavy atom. The Morgan fingerprint density at radius 1 is 1.50 bits per heavy atom. The molecule has 0 fully saturated rings. The molecule has 2 unspecified atom stereocenters. The molecule has 0 saturated carbocycles. The van der Waals surface area contributed by atoms with Crippen LogP contribution in [0.25, 0.3) is 0 Å². The van der Waals surface area contributed by atoms with Crippen molar-refractivity contribution in [2.75, 3.05) is 26.8 Å². The van der Waals surface area contributed by atoms with E-state index in [2.05, 4.69) is 17.3 Å². The lowest BCUT2D eigenvalue weighted by Gasteiger charge is -2.14. The Labute approximate surface area is 96.4 Å². The normalized spacial score (nSPS) is 14.9. The second-order valence-corrected chi connectivity index (χ2v) is 4.10. The molecule has 0 aliphatic heterocycles. The van der Waals surface area contributed by atoms with E-state index >= 15 is 0 Å². The summed E-state index contributed by atoms with van der Waals surface area (Å²) in [7, 11) is 1.70. The summed E-state index contributed by atoms with van der Waals surface area (Å²) < 4.78 is 6.76. The van der Waals surface area contributed by atoms with Gasteiger partial charge in [-0.05, 0) is 18.5 Å². The molecule has 0 radical (unpaired) electrons. The molecule has 1 rings (SSSR count). The van der Waals surface area contributed by atoms with Crippen LogP contribution >= 0.6 is 0 Å². The monoisotopic (exact) mass is 227 g/mol. The first-order chi connectivity index (χ1) is 7.72. The molecule has 0 aromatic carbocycles. The van der Waals surface area contributed by atoms with Crippen LogP contribution in [0, 0.1) is 5.92 Å². The van der Waals surface area contributed by atoms with E-state index in [1.165, 1.54) is 0 Å². The maximum atomic E-state index is 9.71. The maximum Gasteiger partial charge on any atom is 0.0860 e. The second kappa shape index (κ2) is 7.38. The number of nitrogens with zero attached hydrogens (tertiary/aromatic N) is 2. The fraction of sp³-hybridized carbons (Fsp3) is 0.727. The molecule has 5 nitrogen and oxygen atoms in total. The lowest BCUT2D eigenvalue weighted by atomic mass is 10.2. The van der Waals surface area contributed by atoms with Gasteiger partial charge in [0, 0.05) is 32.7 Å². The van der Waals surface area contributed by atoms with Gasteiger partial charge in [-0.2, -0.15) is 5.10 Å². The SMILES string of the molecule is COCC(C)CNCC(O)Cn1cccn1. The third-order valence-electron chi connectivity index (χ3n) is 2.28. The molecular weight excluding hydrogens is 206 g/mol. The summed E-state index contributed by atoms with van der Waals surface area (Å²) in [6.07, 6.45) is 3.15. The molecule has 0 spiro atoms. The third kappa shape index (κ3) is 5.25. The van der Waals surface area contributed by atoms with Crippen LogP contribution in [0.3, 0.4) is 0 Å². The average molecular weight is 227 g/mol. The van der Waals surface area contributed by atoms with Crippen molar-refractivity contribution in [1.82, 2.24) is 15.1 Å². The van der Waals surface area contributed by atoms with Crippen LogP contribution in [0.15, 0.2) is 18.5 Å². The van der Waals surface area contributed by atoms with Gasteiger partial charge in [-0.1, -0.05) is 6.92 Å². The topological polar surface area (TPSA) is 59.3 Å². The quantitative estimate of drug-likeness (QED) is 0.662. The lowest BCUT2D eigenvalue weighted by Crippen LogP contribution is -2.33. The van der Waals surface area contributed by atoms with Crippen LogP contribution in [0.4, 0.5) is 0 Å². The first kappa shape index (κ1) is 13.2. The highest BCUT2D eigenvalue weighted by molar-refractivity contribution is 4.78. The van der Waals surface area contributed by atoms with Crippen molar-refractivity contribution in [3.63, 3.8) is 0 Å². The molecule has 1 aromatic heterocycles. The molecule has 0 aliphatic rings. The van der Waals surface area contributed by atoms with Crippen molar-refractivity contribution < 1.29 is 9.84 Å². The fourth-order valence-electron chi connectivity index (χ4n) is 1.53. The van der Waals surface area contributed by atoms with Gasteiger partial charge in [0.05, 0.1) is 12.6 Å². The van der Waals surface area contributed by atoms with Gasteiger partial charge in [0.2, 0.25) is 0 Å². The number of hydrogen-bond donors (Lipinski definition) is 2. The minimum absolute atomic E-state index is 0.408. The number of ether oxygens (including phenoxy) is 1. The van der Waals surface area contributed by atoms with Gasteiger partial charge in [0.25, 0.3) is 0 Å². The molecular formula is C11H21N3O2. The molecule has 0 bridgehead atoms. The molecule has 16 heavy (non-hydrogen) atoms. The van der Waals surface area contributed by atoms with Crippen LogP contribution < -0.4 is 5.32 Å². The summed E-state index contributed by atoms with van der Waals surface area (Å²) in [6.45, 7) is 4.80. The number of methoxy groups -OCH3 is 1. The molecule has 2 N–H and O–H groups in total. The first-order valence-corrected chi connectivity index (χ1v) is 5.57. The molecule has 1 heterocycles. The highest BCUT2D eigenvalue weighted by Gasteiger charge is 2.06. The highest BCUT2D eigenvalue weighted by atomic mass is 16.5. The van der Waals surface area contributed by atoms with Crippen LogP contribution in [0.1, 0.15) is 6.92 Å². The van der Waals surface area contributed by atoms with Gasteiger partial charge >= 0.3 is 0 Å². The van der Waals surface area contributed by atoms with Crippen molar-refractivity contribution >= 4 is 0 Å². The van der Waals surface area contributed by atoms with E-state index in [0.29, 0.717) is 19.0 Å². The molecule has 0 aliphatic carbocycles. The number of nitrogens with one attached hydrogen (secondary N) is 1. The molecule has 0 amide bonds. The van der Waals surface area contributed by atoms with E-state index in [1.54, 1.807) is 18.0 Å². The summed E-state index contributed by atoms with van der Waals surface area (Å²) in [4.78, 5) is 0.